The van der Waals surface area contributed by atoms with Crippen LogP contribution in [0, 0.1) is 41.4 Å². The third-order valence-electron chi connectivity index (χ3n) is 5.98. The highest BCUT2D eigenvalue weighted by atomic mass is 16.4. The second kappa shape index (κ2) is 4.43. The van der Waals surface area contributed by atoms with Crippen LogP contribution in [0.15, 0.2) is 12.2 Å². The first kappa shape index (κ1) is 14.0. The maximum Gasteiger partial charge on any atom is 0.234 e. The molecule has 2 bridgehead atoms. The maximum atomic E-state index is 12.8. The lowest BCUT2D eigenvalue weighted by molar-refractivity contribution is -0.311. The minimum atomic E-state index is -1.32. The van der Waals surface area contributed by atoms with Crippen LogP contribution in [0.2, 0.25) is 0 Å². The smallest absolute Gasteiger partial charge is 0.234 e. The Bertz CT molecular complexity index is 559. The van der Waals surface area contributed by atoms with Crippen LogP contribution in [0.5, 0.6) is 0 Å². The fraction of sp³-hybridized carbons (Fsp3) is 0.706. The van der Waals surface area contributed by atoms with Crippen LogP contribution >= 0.6 is 0 Å². The lowest BCUT2D eigenvalue weighted by Crippen LogP contribution is -2.51. The number of allylic oxidation sites excluding steroid dienone is 2. The Kier molecular flexibility index (Phi) is 2.81. The normalized spacial score (nSPS) is 42.6. The number of carboxylic acid groups (broad SMARTS) is 1. The molecule has 7 atom stereocenters. The molecule has 0 aromatic carbocycles. The van der Waals surface area contributed by atoms with Gasteiger partial charge in [0.1, 0.15) is 0 Å². The number of amides is 2. The molecule has 5 heteroatoms. The van der Waals surface area contributed by atoms with Crippen molar-refractivity contribution in [2.24, 2.45) is 41.4 Å². The lowest BCUT2D eigenvalue weighted by atomic mass is 9.63. The van der Waals surface area contributed by atoms with Crippen LogP contribution in [0.3, 0.4) is 0 Å². The molecule has 1 aliphatic heterocycles. The zero-order valence-electron chi connectivity index (χ0n) is 12.8. The molecule has 0 unspecified atom stereocenters. The molecule has 2 saturated carbocycles. The molecule has 5 nitrogen and oxygen atoms in total. The van der Waals surface area contributed by atoms with Gasteiger partial charge in [0.25, 0.3) is 0 Å². The van der Waals surface area contributed by atoms with Gasteiger partial charge < -0.3 is 9.90 Å². The van der Waals surface area contributed by atoms with Crippen molar-refractivity contribution in [3.05, 3.63) is 12.2 Å². The number of aliphatic carboxylic acids is 1. The second-order valence-corrected chi connectivity index (χ2v) is 7.67. The van der Waals surface area contributed by atoms with Gasteiger partial charge in [-0.25, -0.2) is 0 Å². The maximum absolute atomic E-state index is 12.8. The summed E-state index contributed by atoms with van der Waals surface area (Å²) in [6.07, 6.45) is 5.54. The number of hydrogen-bond donors (Lipinski definition) is 0. The molecule has 1 heterocycles. The highest BCUT2D eigenvalue weighted by Gasteiger charge is 2.67. The van der Waals surface area contributed by atoms with Gasteiger partial charge >= 0.3 is 0 Å². The Balaban J connectivity index is 1.68. The highest BCUT2D eigenvalue weighted by Crippen LogP contribution is 2.65. The molecule has 22 heavy (non-hydrogen) atoms. The molecule has 0 radical (unpaired) electrons. The van der Waals surface area contributed by atoms with E-state index >= 15 is 0 Å². The number of hydrogen-bond acceptors (Lipinski definition) is 4. The molecule has 2 amide bonds. The SMILES string of the molecule is CC(C)C[C@@H](C(=O)[O-])N1C(=O)[C@@H]2[C@@H]3C=C[C@@H]([C@H]4C[C@@H]34)[C@@H]2C1=O. The third kappa shape index (κ3) is 1.68. The van der Waals surface area contributed by atoms with Gasteiger partial charge in [0.2, 0.25) is 11.8 Å². The fourth-order valence-corrected chi connectivity index (χ4v) is 5.04. The summed E-state index contributed by atoms with van der Waals surface area (Å²) < 4.78 is 0. The molecule has 5 rings (SSSR count). The summed E-state index contributed by atoms with van der Waals surface area (Å²) in [4.78, 5) is 38.2. The molecule has 1 saturated heterocycles. The van der Waals surface area contributed by atoms with E-state index < -0.39 is 12.0 Å². The van der Waals surface area contributed by atoms with E-state index in [0.29, 0.717) is 11.8 Å². The Hall–Kier alpha value is -1.65. The van der Waals surface area contributed by atoms with Crippen molar-refractivity contribution in [2.75, 3.05) is 0 Å². The zero-order valence-corrected chi connectivity index (χ0v) is 12.8. The molecular formula is C17H20NO4-. The Morgan fingerprint density at radius 3 is 2.09 bits per heavy atom. The van der Waals surface area contributed by atoms with E-state index in [4.69, 9.17) is 0 Å². The van der Waals surface area contributed by atoms with Crippen LogP contribution in [0.25, 0.3) is 0 Å². The van der Waals surface area contributed by atoms with E-state index in [9.17, 15) is 19.5 Å². The largest absolute Gasteiger partial charge is 0.548 e. The van der Waals surface area contributed by atoms with Crippen molar-refractivity contribution in [1.82, 2.24) is 4.90 Å². The predicted octanol–water partition coefficient (Wildman–Crippen LogP) is 0.204. The van der Waals surface area contributed by atoms with Crippen molar-refractivity contribution in [2.45, 2.75) is 32.7 Å². The van der Waals surface area contributed by atoms with Gasteiger partial charge in [0.05, 0.1) is 23.8 Å². The highest BCUT2D eigenvalue weighted by molar-refractivity contribution is 6.08. The molecule has 0 aromatic heterocycles. The number of carboxylic acids is 1. The van der Waals surface area contributed by atoms with Crippen LogP contribution in [-0.2, 0) is 14.4 Å². The summed E-state index contributed by atoms with van der Waals surface area (Å²) in [5.41, 5.74) is 0. The number of likely N-dealkylation sites (tertiary alicyclic amines) is 1. The third-order valence-corrected chi connectivity index (χ3v) is 5.98. The van der Waals surface area contributed by atoms with E-state index in [1.807, 2.05) is 13.8 Å². The molecule has 3 fully saturated rings. The van der Waals surface area contributed by atoms with Crippen LogP contribution in [0.1, 0.15) is 26.7 Å². The Morgan fingerprint density at radius 1 is 1.18 bits per heavy atom. The first-order chi connectivity index (χ1) is 10.4. The Morgan fingerprint density at radius 2 is 1.68 bits per heavy atom. The second-order valence-electron chi connectivity index (χ2n) is 7.67. The average Bonchev–Trinajstić information content (AvgIpc) is 3.22. The van der Waals surface area contributed by atoms with Crippen LogP contribution in [-0.4, -0.2) is 28.7 Å². The topological polar surface area (TPSA) is 77.5 Å². The summed E-state index contributed by atoms with van der Waals surface area (Å²) in [7, 11) is 0. The fourth-order valence-electron chi connectivity index (χ4n) is 5.04. The summed E-state index contributed by atoms with van der Waals surface area (Å²) >= 11 is 0. The number of nitrogens with zero attached hydrogens (tertiary/aromatic N) is 1. The summed E-state index contributed by atoms with van der Waals surface area (Å²) in [6.45, 7) is 3.77. The van der Waals surface area contributed by atoms with Crippen molar-refractivity contribution < 1.29 is 19.5 Å². The van der Waals surface area contributed by atoms with Gasteiger partial charge in [-0.3, -0.25) is 14.5 Å². The minimum Gasteiger partial charge on any atom is -0.548 e. The quantitative estimate of drug-likeness (QED) is 0.549. The van der Waals surface area contributed by atoms with E-state index in [0.717, 1.165) is 11.3 Å². The monoisotopic (exact) mass is 302 g/mol. The summed E-state index contributed by atoms with van der Waals surface area (Å²) in [6, 6.07) is -1.12. The van der Waals surface area contributed by atoms with E-state index in [2.05, 4.69) is 12.2 Å². The lowest BCUT2D eigenvalue weighted by Gasteiger charge is -2.37. The number of imide groups is 1. The number of rotatable bonds is 4. The number of carbonyl (C=O) groups is 3. The van der Waals surface area contributed by atoms with Crippen molar-refractivity contribution in [3.63, 3.8) is 0 Å². The van der Waals surface area contributed by atoms with E-state index in [1.165, 1.54) is 0 Å². The van der Waals surface area contributed by atoms with Gasteiger partial charge in [-0.05, 0) is 42.4 Å². The number of carbonyl (C=O) groups excluding carboxylic acids is 3. The molecule has 5 aliphatic rings. The first-order valence-electron chi connectivity index (χ1n) is 8.18. The minimum absolute atomic E-state index is 0.0781. The van der Waals surface area contributed by atoms with E-state index in [-0.39, 0.29) is 47.8 Å². The van der Waals surface area contributed by atoms with Crippen LogP contribution < -0.4 is 5.11 Å². The van der Waals surface area contributed by atoms with Crippen molar-refractivity contribution in [1.29, 1.82) is 0 Å². The molecule has 0 spiro atoms. The average molecular weight is 302 g/mol. The van der Waals surface area contributed by atoms with Gasteiger partial charge in [-0.1, -0.05) is 26.0 Å². The van der Waals surface area contributed by atoms with Gasteiger partial charge in [-0.2, -0.15) is 0 Å². The molecular weight excluding hydrogens is 282 g/mol. The molecule has 0 N–H and O–H groups in total. The van der Waals surface area contributed by atoms with Crippen molar-refractivity contribution >= 4 is 17.8 Å². The van der Waals surface area contributed by atoms with Crippen LogP contribution in [0.4, 0.5) is 0 Å². The van der Waals surface area contributed by atoms with Crippen molar-refractivity contribution in [3.8, 4) is 0 Å². The Labute approximate surface area is 129 Å². The molecule has 4 aliphatic carbocycles. The first-order valence-corrected chi connectivity index (χ1v) is 8.18. The molecule has 0 aromatic rings. The summed E-state index contributed by atoms with van der Waals surface area (Å²) in [5.74, 6) is -1.16. The van der Waals surface area contributed by atoms with Gasteiger partial charge in [-0.15, -0.1) is 0 Å². The van der Waals surface area contributed by atoms with Gasteiger partial charge in [0, 0.05) is 0 Å². The van der Waals surface area contributed by atoms with E-state index in [1.54, 1.807) is 0 Å². The zero-order chi connectivity index (χ0) is 15.8. The predicted molar refractivity (Wildman–Crippen MR) is 74.8 cm³/mol. The molecule has 118 valence electrons. The standard InChI is InChI=1S/C17H21NO4/c1-7(2)5-12(17(21)22)18-15(19)13-8-3-4-9(11-6-10(8)11)14(13)16(18)20/h3-4,7-14H,5-6H2,1-2H3,(H,21,22)/p-1/t8-,9+,10+,11-,12-,13-,14+/m0/s1. The van der Waals surface area contributed by atoms with Gasteiger partial charge in [0.15, 0.2) is 0 Å². The summed E-state index contributed by atoms with van der Waals surface area (Å²) in [5, 5.41) is 11.5.